The van der Waals surface area contributed by atoms with Gasteiger partial charge >= 0.3 is 0 Å². The molecule has 2 aliphatic rings. The number of nitrogens with zero attached hydrogens (tertiary/aromatic N) is 2. The standard InChI is InChI=1S/C18H10ClN3O5S/c19-22-21-16-11-3-1-2-4-12(11)17(23)13-14(16)18(24)20-15(13)9-5-7-10(8-6-9)28-27-26-25/h1-8,22,25H/b21-16-. The molecule has 1 aliphatic carbocycles. The van der Waals surface area contributed by atoms with Crippen LogP contribution in [-0.4, -0.2) is 10.2 Å². The van der Waals surface area contributed by atoms with Crippen molar-refractivity contribution in [2.75, 3.05) is 0 Å². The van der Waals surface area contributed by atoms with Crippen molar-refractivity contribution in [2.24, 2.45) is 5.10 Å². The van der Waals surface area contributed by atoms with Gasteiger partial charge in [0.25, 0.3) is 5.56 Å². The molecule has 140 valence electrons. The summed E-state index contributed by atoms with van der Waals surface area (Å²) in [6, 6.07) is 13.5. The lowest BCUT2D eigenvalue weighted by atomic mass is 10.0. The Morgan fingerprint density at radius 2 is 1.75 bits per heavy atom. The summed E-state index contributed by atoms with van der Waals surface area (Å²) in [6.07, 6.45) is 0. The second-order valence-corrected chi connectivity index (χ2v) is 6.63. The van der Waals surface area contributed by atoms with E-state index in [1.165, 1.54) is 0 Å². The molecule has 2 N–H and O–H groups in total. The summed E-state index contributed by atoms with van der Waals surface area (Å²) in [5.41, 5.74) is -0.0376. The van der Waals surface area contributed by atoms with Gasteiger partial charge in [0.15, 0.2) is 5.43 Å². The van der Waals surface area contributed by atoms with E-state index in [4.69, 9.17) is 17.0 Å². The number of hydrogen-bond donors (Lipinski definition) is 2. The summed E-state index contributed by atoms with van der Waals surface area (Å²) < 4.78 is 4.37. The first-order valence-electron chi connectivity index (χ1n) is 7.86. The number of fused-ring (bicyclic) bond motifs is 1. The largest absolute Gasteiger partial charge is 0.288 e. The number of hydrogen-bond acceptors (Lipinski definition) is 9. The molecular weight excluding hydrogens is 406 g/mol. The van der Waals surface area contributed by atoms with E-state index in [1.807, 2.05) is 0 Å². The Balaban J connectivity index is 2.06. The van der Waals surface area contributed by atoms with Crippen molar-refractivity contribution in [3.05, 3.63) is 84.9 Å². The van der Waals surface area contributed by atoms with Crippen molar-refractivity contribution in [1.29, 1.82) is 0 Å². The van der Waals surface area contributed by atoms with Crippen LogP contribution in [0.15, 0.2) is 68.1 Å². The van der Waals surface area contributed by atoms with Gasteiger partial charge in [-0.3, -0.25) is 9.59 Å². The van der Waals surface area contributed by atoms with Crippen LogP contribution in [0.1, 0.15) is 0 Å². The molecule has 0 aromatic heterocycles. The van der Waals surface area contributed by atoms with Crippen LogP contribution >= 0.6 is 23.8 Å². The van der Waals surface area contributed by atoms with Gasteiger partial charge in [-0.25, -0.2) is 15.2 Å². The normalized spacial score (nSPS) is 12.1. The molecule has 1 heterocycles. The molecule has 2 aromatic carbocycles. The zero-order valence-electron chi connectivity index (χ0n) is 13.9. The summed E-state index contributed by atoms with van der Waals surface area (Å²) in [5, 5.41) is 17.3. The molecule has 0 fully saturated rings. The van der Waals surface area contributed by atoms with Gasteiger partial charge < -0.3 is 0 Å². The minimum Gasteiger partial charge on any atom is -0.288 e. The predicted molar refractivity (Wildman–Crippen MR) is 103 cm³/mol. The highest BCUT2D eigenvalue weighted by Crippen LogP contribution is 2.24. The summed E-state index contributed by atoms with van der Waals surface area (Å²) in [5.74, 6) is 0. The van der Waals surface area contributed by atoms with Crippen LogP contribution in [0, 0.1) is 10.4 Å². The summed E-state index contributed by atoms with van der Waals surface area (Å²) >= 11 is 6.35. The Hall–Kier alpha value is -2.82. The zero-order valence-corrected chi connectivity index (χ0v) is 15.5. The highest BCUT2D eigenvalue weighted by Gasteiger charge is 2.17. The Labute approximate surface area is 165 Å². The quantitative estimate of drug-likeness (QED) is 0.221. The summed E-state index contributed by atoms with van der Waals surface area (Å²) in [4.78, 5) is 32.6. The Bertz CT molecular complexity index is 1380. The van der Waals surface area contributed by atoms with E-state index in [-0.39, 0.29) is 26.9 Å². The average molecular weight is 416 g/mol. The molecule has 0 saturated heterocycles. The number of rotatable bonds is 5. The van der Waals surface area contributed by atoms with E-state index >= 15 is 0 Å². The maximum absolute atomic E-state index is 13.1. The van der Waals surface area contributed by atoms with E-state index in [0.717, 1.165) is 12.0 Å². The third-order valence-corrected chi connectivity index (χ3v) is 4.93. The van der Waals surface area contributed by atoms with Gasteiger partial charge in [0.2, 0.25) is 0 Å². The van der Waals surface area contributed by atoms with Crippen LogP contribution < -0.4 is 21.3 Å². The predicted octanol–water partition coefficient (Wildman–Crippen LogP) is 2.21. The minimum absolute atomic E-state index is 0.113. The molecule has 0 bridgehead atoms. The van der Waals surface area contributed by atoms with Gasteiger partial charge in [-0.15, -0.1) is 4.33 Å². The second kappa shape index (κ2) is 7.66. The molecule has 4 rings (SSSR count). The lowest BCUT2D eigenvalue weighted by Gasteiger charge is -2.01. The van der Waals surface area contributed by atoms with Crippen molar-refractivity contribution in [3.8, 4) is 11.3 Å². The number of aromatic nitrogens is 1. The van der Waals surface area contributed by atoms with Gasteiger partial charge in [-0.1, -0.05) is 41.4 Å². The van der Waals surface area contributed by atoms with E-state index < -0.39 is 5.56 Å². The SMILES string of the molecule is O=c1nc(-c2ccc(SOOO)cc2)c2c(=O)c3ccccc3/c(=N/NCl)c1=2. The first-order valence-corrected chi connectivity index (χ1v) is 8.98. The van der Waals surface area contributed by atoms with Crippen LogP contribution in [0.4, 0.5) is 0 Å². The lowest BCUT2D eigenvalue weighted by molar-refractivity contribution is -0.432. The monoisotopic (exact) mass is 415 g/mol. The molecule has 0 unspecified atom stereocenters. The number of nitrogens with one attached hydrogen (secondary N) is 1. The van der Waals surface area contributed by atoms with E-state index in [1.54, 1.807) is 48.5 Å². The summed E-state index contributed by atoms with van der Waals surface area (Å²) in [7, 11) is 0. The van der Waals surface area contributed by atoms with Crippen LogP contribution in [0.25, 0.3) is 22.0 Å². The maximum Gasteiger partial charge on any atom is 0.280 e. The number of benzene rings is 2. The van der Waals surface area contributed by atoms with Crippen molar-refractivity contribution < 1.29 is 14.6 Å². The fraction of sp³-hybridized carbons (Fsp3) is 0. The van der Waals surface area contributed by atoms with Crippen molar-refractivity contribution in [2.45, 2.75) is 4.90 Å². The lowest BCUT2D eigenvalue weighted by Crippen LogP contribution is -2.21. The minimum atomic E-state index is -0.561. The van der Waals surface area contributed by atoms with Crippen LogP contribution in [0.3, 0.4) is 0 Å². The van der Waals surface area contributed by atoms with Gasteiger partial charge in [-0.2, -0.15) is 5.10 Å². The second-order valence-electron chi connectivity index (χ2n) is 5.69. The first kappa shape index (κ1) is 18.5. The topological polar surface area (TPSA) is 110 Å². The van der Waals surface area contributed by atoms with E-state index in [9.17, 15) is 9.59 Å². The first-order chi connectivity index (χ1) is 13.7. The molecule has 0 spiro atoms. The molecule has 2 aromatic rings. The van der Waals surface area contributed by atoms with Crippen molar-refractivity contribution >= 4 is 34.6 Å². The fourth-order valence-corrected chi connectivity index (χ4v) is 3.57. The van der Waals surface area contributed by atoms with E-state index in [0.29, 0.717) is 21.2 Å². The average Bonchev–Trinajstić information content (AvgIpc) is 3.07. The molecule has 1 aliphatic heterocycles. The van der Waals surface area contributed by atoms with Crippen LogP contribution in [0.2, 0.25) is 0 Å². The van der Waals surface area contributed by atoms with Crippen LogP contribution in [-0.2, 0) is 9.37 Å². The Kier molecular flexibility index (Phi) is 5.07. The Morgan fingerprint density at radius 1 is 1.04 bits per heavy atom. The molecule has 0 radical (unpaired) electrons. The Morgan fingerprint density at radius 3 is 2.43 bits per heavy atom. The molecule has 0 amide bonds. The molecule has 0 atom stereocenters. The fourth-order valence-electron chi connectivity index (χ4n) is 3.13. The summed E-state index contributed by atoms with van der Waals surface area (Å²) in [6.45, 7) is 0. The zero-order chi connectivity index (χ0) is 19.7. The molecule has 0 saturated carbocycles. The molecule has 8 nitrogen and oxygen atoms in total. The highest BCUT2D eigenvalue weighted by atomic mass is 35.5. The van der Waals surface area contributed by atoms with E-state index in [2.05, 4.69) is 24.4 Å². The van der Waals surface area contributed by atoms with Crippen LogP contribution in [0.5, 0.6) is 0 Å². The highest BCUT2D eigenvalue weighted by molar-refractivity contribution is 7.94. The van der Waals surface area contributed by atoms with Crippen molar-refractivity contribution in [3.63, 3.8) is 0 Å². The molecule has 28 heavy (non-hydrogen) atoms. The van der Waals surface area contributed by atoms with Gasteiger partial charge in [0.1, 0.15) is 5.36 Å². The van der Waals surface area contributed by atoms with Gasteiger partial charge in [0, 0.05) is 33.0 Å². The molecule has 10 heteroatoms. The third-order valence-electron chi connectivity index (χ3n) is 4.25. The van der Waals surface area contributed by atoms with Gasteiger partial charge in [-0.05, 0) is 12.1 Å². The molecular formula is C18H10ClN3O5S. The van der Waals surface area contributed by atoms with Gasteiger partial charge in [0.05, 0.1) is 28.2 Å². The van der Waals surface area contributed by atoms with Crippen molar-refractivity contribution in [1.82, 2.24) is 9.93 Å². The maximum atomic E-state index is 13.1. The third kappa shape index (κ3) is 3.05. The number of halogens is 1. The smallest absolute Gasteiger partial charge is 0.280 e.